The highest BCUT2D eigenvalue weighted by Gasteiger charge is 2.24. The number of benzene rings is 1. The van der Waals surface area contributed by atoms with Crippen molar-refractivity contribution in [3.8, 4) is 0 Å². The van der Waals surface area contributed by atoms with Gasteiger partial charge in [-0.05, 0) is 24.0 Å². The minimum absolute atomic E-state index is 0.0507. The summed E-state index contributed by atoms with van der Waals surface area (Å²) < 4.78 is 10.0. The molecule has 27 heavy (non-hydrogen) atoms. The average Bonchev–Trinajstić information content (AvgIpc) is 3.17. The zero-order valence-electron chi connectivity index (χ0n) is 15.8. The molecule has 5 heteroatoms. The first-order valence-corrected chi connectivity index (χ1v) is 9.66. The maximum atomic E-state index is 12.9. The Labute approximate surface area is 160 Å². The van der Waals surface area contributed by atoms with Crippen molar-refractivity contribution < 1.29 is 18.7 Å². The van der Waals surface area contributed by atoms with Crippen molar-refractivity contribution in [2.45, 2.75) is 51.0 Å². The minimum atomic E-state index is -0.430. The highest BCUT2D eigenvalue weighted by atomic mass is 16.5. The summed E-state index contributed by atoms with van der Waals surface area (Å²) in [7, 11) is 1.32. The Bertz CT molecular complexity index is 747. The van der Waals surface area contributed by atoms with Crippen LogP contribution in [0.25, 0.3) is 0 Å². The van der Waals surface area contributed by atoms with E-state index in [-0.39, 0.29) is 18.4 Å². The summed E-state index contributed by atoms with van der Waals surface area (Å²) in [4.78, 5) is 24.4. The van der Waals surface area contributed by atoms with Crippen LogP contribution in [0.4, 0.5) is 0 Å². The van der Waals surface area contributed by atoms with E-state index >= 15 is 0 Å². The zero-order chi connectivity index (χ0) is 19.1. The van der Waals surface area contributed by atoms with E-state index in [1.807, 2.05) is 18.2 Å². The molecule has 1 heterocycles. The van der Waals surface area contributed by atoms with Crippen molar-refractivity contribution in [3.05, 3.63) is 59.5 Å². The maximum absolute atomic E-state index is 12.9. The van der Waals surface area contributed by atoms with E-state index < -0.39 is 5.97 Å². The third-order valence-corrected chi connectivity index (χ3v) is 5.32. The molecule has 0 saturated heterocycles. The van der Waals surface area contributed by atoms with Gasteiger partial charge in [-0.15, -0.1) is 0 Å². The monoisotopic (exact) mass is 369 g/mol. The first kappa shape index (κ1) is 19.2. The van der Waals surface area contributed by atoms with E-state index in [1.165, 1.54) is 45.5 Å². The van der Waals surface area contributed by atoms with Crippen LogP contribution >= 0.6 is 0 Å². The fourth-order valence-corrected chi connectivity index (χ4v) is 3.84. The molecule has 3 rings (SSSR count). The Hall–Kier alpha value is -2.56. The molecule has 0 spiro atoms. The van der Waals surface area contributed by atoms with Crippen LogP contribution < -0.4 is 5.32 Å². The molecular weight excluding hydrogens is 342 g/mol. The molecule has 1 atom stereocenters. The Kier molecular flexibility index (Phi) is 6.69. The standard InChI is InChI=1S/C22H27NO4/c1-26-21(24)15-20-18(12-13-27-20)22(25)23-19(17-10-6-3-7-11-17)14-16-8-4-2-5-9-16/h3,6-7,10-13,16,19H,2,4-5,8-9,14-15H2,1H3,(H,23,25). The van der Waals surface area contributed by atoms with E-state index in [1.54, 1.807) is 6.07 Å². The predicted octanol–water partition coefficient (Wildman–Crippen LogP) is 4.44. The molecule has 1 aliphatic carbocycles. The lowest BCUT2D eigenvalue weighted by Crippen LogP contribution is -2.31. The van der Waals surface area contributed by atoms with Crippen LogP contribution in [0, 0.1) is 5.92 Å². The van der Waals surface area contributed by atoms with E-state index in [2.05, 4.69) is 22.2 Å². The lowest BCUT2D eigenvalue weighted by atomic mass is 9.83. The number of carbonyl (C=O) groups is 2. The molecule has 1 N–H and O–H groups in total. The van der Waals surface area contributed by atoms with Crippen molar-refractivity contribution in [1.82, 2.24) is 5.32 Å². The van der Waals surface area contributed by atoms with E-state index in [0.717, 1.165) is 12.0 Å². The van der Waals surface area contributed by atoms with E-state index in [4.69, 9.17) is 4.42 Å². The SMILES string of the molecule is COC(=O)Cc1occc1C(=O)NC(CC1CCCCC1)c1ccccc1. The number of ether oxygens (including phenoxy) is 1. The Morgan fingerprint density at radius 1 is 1.15 bits per heavy atom. The molecule has 1 saturated carbocycles. The summed E-state index contributed by atoms with van der Waals surface area (Å²) in [6, 6.07) is 11.6. The third-order valence-electron chi connectivity index (χ3n) is 5.32. The van der Waals surface area contributed by atoms with Crippen LogP contribution in [-0.4, -0.2) is 19.0 Å². The summed E-state index contributed by atoms with van der Waals surface area (Å²) in [5.74, 6) is 0.320. The average molecular weight is 369 g/mol. The lowest BCUT2D eigenvalue weighted by Gasteiger charge is -2.27. The molecule has 1 amide bonds. The second-order valence-corrected chi connectivity index (χ2v) is 7.19. The van der Waals surface area contributed by atoms with Crippen molar-refractivity contribution in [2.75, 3.05) is 7.11 Å². The lowest BCUT2D eigenvalue weighted by molar-refractivity contribution is -0.140. The van der Waals surface area contributed by atoms with Gasteiger partial charge < -0.3 is 14.5 Å². The predicted molar refractivity (Wildman–Crippen MR) is 102 cm³/mol. The number of methoxy groups -OCH3 is 1. The molecule has 2 aromatic rings. The molecule has 5 nitrogen and oxygen atoms in total. The van der Waals surface area contributed by atoms with E-state index in [9.17, 15) is 9.59 Å². The molecule has 0 aliphatic heterocycles. The third kappa shape index (κ3) is 5.22. The largest absolute Gasteiger partial charge is 0.469 e. The zero-order valence-corrected chi connectivity index (χ0v) is 15.8. The van der Waals surface area contributed by atoms with Gasteiger partial charge in [0.2, 0.25) is 0 Å². The molecule has 0 bridgehead atoms. The molecule has 1 aliphatic rings. The van der Waals surface area contributed by atoms with Gasteiger partial charge in [0, 0.05) is 0 Å². The van der Waals surface area contributed by atoms with Gasteiger partial charge in [-0.2, -0.15) is 0 Å². The Balaban J connectivity index is 1.74. The molecule has 1 unspecified atom stereocenters. The number of hydrogen-bond donors (Lipinski definition) is 1. The fourth-order valence-electron chi connectivity index (χ4n) is 3.84. The minimum Gasteiger partial charge on any atom is -0.469 e. The van der Waals surface area contributed by atoms with Crippen LogP contribution in [0.2, 0.25) is 0 Å². The highest BCUT2D eigenvalue weighted by molar-refractivity contribution is 5.96. The number of nitrogens with one attached hydrogen (secondary N) is 1. The Morgan fingerprint density at radius 3 is 2.59 bits per heavy atom. The topological polar surface area (TPSA) is 68.5 Å². The molecule has 144 valence electrons. The number of carbonyl (C=O) groups excluding carboxylic acids is 2. The number of esters is 1. The smallest absolute Gasteiger partial charge is 0.313 e. The van der Waals surface area contributed by atoms with Crippen LogP contribution in [0.5, 0.6) is 0 Å². The van der Waals surface area contributed by atoms with E-state index in [0.29, 0.717) is 17.2 Å². The van der Waals surface area contributed by atoms with Crippen molar-refractivity contribution in [1.29, 1.82) is 0 Å². The van der Waals surface area contributed by atoms with Gasteiger partial charge in [-0.25, -0.2) is 0 Å². The van der Waals surface area contributed by atoms with Gasteiger partial charge in [-0.3, -0.25) is 9.59 Å². The summed E-state index contributed by atoms with van der Waals surface area (Å²) in [6.07, 6.45) is 8.61. The second-order valence-electron chi connectivity index (χ2n) is 7.19. The van der Waals surface area contributed by atoms with Gasteiger partial charge in [-0.1, -0.05) is 62.4 Å². The normalized spacial score (nSPS) is 15.9. The number of rotatable bonds is 7. The fraction of sp³-hybridized carbons (Fsp3) is 0.455. The van der Waals surface area contributed by atoms with Crippen LogP contribution in [0.15, 0.2) is 47.1 Å². The first-order chi connectivity index (χ1) is 13.2. The molecule has 0 radical (unpaired) electrons. The molecule has 1 aromatic carbocycles. The summed E-state index contributed by atoms with van der Waals surface area (Å²) in [5.41, 5.74) is 1.50. The number of furan rings is 1. The summed E-state index contributed by atoms with van der Waals surface area (Å²) in [5, 5.41) is 3.16. The number of hydrogen-bond acceptors (Lipinski definition) is 4. The second kappa shape index (κ2) is 9.40. The van der Waals surface area contributed by atoms with Gasteiger partial charge in [0.25, 0.3) is 5.91 Å². The quantitative estimate of drug-likeness (QED) is 0.733. The van der Waals surface area contributed by atoms with Crippen molar-refractivity contribution in [2.24, 2.45) is 5.92 Å². The summed E-state index contributed by atoms with van der Waals surface area (Å²) in [6.45, 7) is 0. The number of amides is 1. The van der Waals surface area contributed by atoms with Crippen LogP contribution in [0.1, 0.15) is 66.2 Å². The summed E-state index contributed by atoms with van der Waals surface area (Å²) >= 11 is 0. The van der Waals surface area contributed by atoms with Crippen LogP contribution in [-0.2, 0) is 16.0 Å². The van der Waals surface area contributed by atoms with Crippen molar-refractivity contribution in [3.63, 3.8) is 0 Å². The van der Waals surface area contributed by atoms with Gasteiger partial charge in [0.05, 0.1) is 25.0 Å². The van der Waals surface area contributed by atoms with Gasteiger partial charge >= 0.3 is 5.97 Å². The molecular formula is C22H27NO4. The maximum Gasteiger partial charge on any atom is 0.313 e. The van der Waals surface area contributed by atoms with Gasteiger partial charge in [0.15, 0.2) is 0 Å². The molecule has 1 aromatic heterocycles. The van der Waals surface area contributed by atoms with Crippen molar-refractivity contribution >= 4 is 11.9 Å². The molecule has 1 fully saturated rings. The highest BCUT2D eigenvalue weighted by Crippen LogP contribution is 2.32. The van der Waals surface area contributed by atoms with Gasteiger partial charge in [0.1, 0.15) is 12.2 Å². The Morgan fingerprint density at radius 2 is 1.89 bits per heavy atom. The van der Waals surface area contributed by atoms with Crippen LogP contribution in [0.3, 0.4) is 0 Å². The first-order valence-electron chi connectivity index (χ1n) is 9.66.